The minimum absolute atomic E-state index is 0.125. The zero-order valence-electron chi connectivity index (χ0n) is 6.55. The summed E-state index contributed by atoms with van der Waals surface area (Å²) in [7, 11) is 0. The maximum Gasteiger partial charge on any atom is 0.312 e. The van der Waals surface area contributed by atoms with E-state index in [2.05, 4.69) is 0 Å². The van der Waals surface area contributed by atoms with Crippen molar-refractivity contribution >= 4 is 25.8 Å². The van der Waals surface area contributed by atoms with E-state index >= 15 is 0 Å². The van der Waals surface area contributed by atoms with Crippen molar-refractivity contribution in [1.29, 1.82) is 0 Å². The Hall–Kier alpha value is -0.328. The molecule has 4 heteroatoms. The summed E-state index contributed by atoms with van der Waals surface area (Å²) in [5.41, 5.74) is 0. The van der Waals surface area contributed by atoms with Crippen molar-refractivity contribution in [2.75, 3.05) is 0 Å². The van der Waals surface area contributed by atoms with Crippen LogP contribution in [0.4, 0.5) is 0 Å². The summed E-state index contributed by atoms with van der Waals surface area (Å²) in [6.07, 6.45) is 0. The van der Waals surface area contributed by atoms with Crippen LogP contribution in [-0.4, -0.2) is 30.9 Å². The fourth-order valence-corrected chi connectivity index (χ4v) is 0.862. The van der Waals surface area contributed by atoms with Crippen molar-refractivity contribution in [2.24, 2.45) is 0 Å². The third kappa shape index (κ3) is 47.8. The van der Waals surface area contributed by atoms with Gasteiger partial charge in [0.2, 0.25) is 0 Å². The molecule has 3 nitrogen and oxygen atoms in total. The molecule has 0 aromatic heterocycles. The topological polar surface area (TPSA) is 54.4 Å². The van der Waals surface area contributed by atoms with Crippen LogP contribution in [0.3, 0.4) is 0 Å². The van der Waals surface area contributed by atoms with Crippen LogP contribution in [0, 0.1) is 0 Å². The molecule has 0 atom stereocenters. The number of carboxylic acids is 1. The molecular formula is C6H12AlO3. The predicted molar refractivity (Wildman–Crippen MR) is 40.2 cm³/mol. The minimum Gasteiger partial charge on any atom is -0.481 e. The van der Waals surface area contributed by atoms with Crippen LogP contribution < -0.4 is 0 Å². The largest absolute Gasteiger partial charge is 0.481 e. The van der Waals surface area contributed by atoms with E-state index in [0.717, 1.165) is 12.2 Å². The first-order valence-corrected chi connectivity index (χ1v) is 4.43. The van der Waals surface area contributed by atoms with E-state index < -0.39 is 5.97 Å². The number of hydrogen-bond acceptors (Lipinski definition) is 2. The Morgan fingerprint density at radius 1 is 1.40 bits per heavy atom. The first-order valence-electron chi connectivity index (χ1n) is 3.04. The lowest BCUT2D eigenvalue weighted by Crippen LogP contribution is -1.99. The van der Waals surface area contributed by atoms with Crippen LogP contribution in [0.2, 0.25) is 5.28 Å². The standard InChI is InChI=1S/C2H4O2.C2H3O.C2H5.Al/c1-2(3)4;1-2-3;1-2;/h1H3,(H,3,4);1H3;1H2,2H3;. The number of aliphatic carboxylic acids is 1. The SMILES string of the molecule is CC(=O)O.C[CH2][Al][C](C)=O. The summed E-state index contributed by atoms with van der Waals surface area (Å²) in [6, 6.07) is 0. The third-order valence-corrected chi connectivity index (χ3v) is 1.47. The number of carboxylic acid groups (broad SMARTS) is 1. The lowest BCUT2D eigenvalue weighted by atomic mass is 10.9. The maximum absolute atomic E-state index is 10.1. The predicted octanol–water partition coefficient (Wildman–Crippen LogP) is 0.766. The molecular weight excluding hydrogens is 147 g/mol. The van der Waals surface area contributed by atoms with E-state index in [1.807, 2.05) is 6.92 Å². The molecule has 0 spiro atoms. The van der Waals surface area contributed by atoms with Crippen LogP contribution in [-0.2, 0) is 9.59 Å². The van der Waals surface area contributed by atoms with Gasteiger partial charge in [-0.3, -0.25) is 4.79 Å². The van der Waals surface area contributed by atoms with Crippen molar-refractivity contribution in [3.05, 3.63) is 0 Å². The van der Waals surface area contributed by atoms with Crippen molar-refractivity contribution in [3.8, 4) is 0 Å². The lowest BCUT2D eigenvalue weighted by molar-refractivity contribution is -0.134. The molecule has 1 radical (unpaired) electrons. The van der Waals surface area contributed by atoms with Gasteiger partial charge < -0.3 is 9.90 Å². The third-order valence-electron chi connectivity index (χ3n) is 0.492. The average molecular weight is 159 g/mol. The Balaban J connectivity index is 0. The first-order chi connectivity index (χ1) is 4.50. The van der Waals surface area contributed by atoms with Gasteiger partial charge in [0, 0.05) is 11.6 Å². The average Bonchev–Trinajstić information content (AvgIpc) is 1.62. The Kier molecular flexibility index (Phi) is 10.7. The molecule has 57 valence electrons. The van der Waals surface area contributed by atoms with Crippen molar-refractivity contribution in [3.63, 3.8) is 0 Å². The van der Waals surface area contributed by atoms with E-state index in [1.165, 1.54) is 0 Å². The molecule has 1 N–H and O–H groups in total. The van der Waals surface area contributed by atoms with Crippen LogP contribution >= 0.6 is 0 Å². The molecule has 0 aliphatic carbocycles. The molecule has 0 unspecified atom stereocenters. The molecule has 10 heavy (non-hydrogen) atoms. The van der Waals surface area contributed by atoms with E-state index in [1.54, 1.807) is 6.92 Å². The molecule has 0 heterocycles. The second-order valence-corrected chi connectivity index (χ2v) is 3.78. The van der Waals surface area contributed by atoms with E-state index in [0.29, 0.717) is 4.65 Å². The summed E-state index contributed by atoms with van der Waals surface area (Å²) < 4.78 is 0.373. The van der Waals surface area contributed by atoms with Gasteiger partial charge in [0.05, 0.1) is 0 Å². The Morgan fingerprint density at radius 3 is 1.70 bits per heavy atom. The fourth-order valence-electron chi connectivity index (χ4n) is 0.287. The second kappa shape index (κ2) is 8.67. The highest BCUT2D eigenvalue weighted by Crippen LogP contribution is 1.71. The summed E-state index contributed by atoms with van der Waals surface area (Å²) in [6.45, 7) is 4.77. The van der Waals surface area contributed by atoms with E-state index in [9.17, 15) is 4.79 Å². The van der Waals surface area contributed by atoms with Gasteiger partial charge in [0.1, 0.15) is 0 Å². The molecule has 0 fully saturated rings. The zero-order chi connectivity index (χ0) is 8.57. The molecule has 0 aromatic carbocycles. The quantitative estimate of drug-likeness (QED) is 0.605. The zero-order valence-corrected chi connectivity index (χ0v) is 7.70. The van der Waals surface area contributed by atoms with Crippen molar-refractivity contribution in [2.45, 2.75) is 26.1 Å². The highest BCUT2D eigenvalue weighted by molar-refractivity contribution is 6.73. The fraction of sp³-hybridized carbons (Fsp3) is 0.667. The van der Waals surface area contributed by atoms with Crippen LogP contribution in [0.25, 0.3) is 0 Å². The molecule has 0 aromatic rings. The van der Waals surface area contributed by atoms with Crippen molar-refractivity contribution < 1.29 is 14.7 Å². The maximum atomic E-state index is 10.1. The number of hydrogen-bond donors (Lipinski definition) is 1. The summed E-state index contributed by atoms with van der Waals surface area (Å²) in [4.78, 5) is 19.1. The Bertz CT molecular complexity index is 108. The summed E-state index contributed by atoms with van der Waals surface area (Å²) in [5, 5.41) is 8.48. The van der Waals surface area contributed by atoms with E-state index in [4.69, 9.17) is 9.90 Å². The minimum atomic E-state index is -0.833. The van der Waals surface area contributed by atoms with Gasteiger partial charge in [-0.25, -0.2) is 0 Å². The van der Waals surface area contributed by atoms with Gasteiger partial charge in [-0.1, -0.05) is 12.2 Å². The van der Waals surface area contributed by atoms with E-state index in [-0.39, 0.29) is 15.2 Å². The molecule has 0 amide bonds. The summed E-state index contributed by atoms with van der Waals surface area (Å²) in [5.74, 6) is -0.833. The van der Waals surface area contributed by atoms with Gasteiger partial charge in [0.15, 0.2) is 0 Å². The van der Waals surface area contributed by atoms with Crippen LogP contribution in [0.1, 0.15) is 20.8 Å². The van der Waals surface area contributed by atoms with Crippen molar-refractivity contribution in [1.82, 2.24) is 0 Å². The molecule has 0 bridgehead atoms. The Labute approximate surface area is 67.1 Å². The van der Waals surface area contributed by atoms with Gasteiger partial charge in [0.25, 0.3) is 5.97 Å². The number of rotatable bonds is 2. The van der Waals surface area contributed by atoms with Crippen LogP contribution in [0.5, 0.6) is 0 Å². The monoisotopic (exact) mass is 159 g/mol. The molecule has 0 aliphatic rings. The highest BCUT2D eigenvalue weighted by Gasteiger charge is 1.89. The highest BCUT2D eigenvalue weighted by atomic mass is 27.1. The number of carbonyl (C=O) groups is 2. The normalized spacial score (nSPS) is 7.10. The first kappa shape index (κ1) is 12.4. The van der Waals surface area contributed by atoms with Gasteiger partial charge in [-0.15, -0.1) is 0 Å². The number of carbonyl (C=O) groups excluding carboxylic acids is 1. The molecule has 0 rings (SSSR count). The second-order valence-electron chi connectivity index (χ2n) is 1.74. The Morgan fingerprint density at radius 2 is 1.70 bits per heavy atom. The van der Waals surface area contributed by atoms with Gasteiger partial charge in [-0.05, 0) is 6.92 Å². The molecule has 0 saturated carbocycles. The van der Waals surface area contributed by atoms with Gasteiger partial charge in [-0.2, -0.15) is 0 Å². The van der Waals surface area contributed by atoms with Crippen LogP contribution in [0.15, 0.2) is 0 Å². The summed E-state index contributed by atoms with van der Waals surface area (Å²) >= 11 is 0.125. The molecule has 0 aliphatic heterocycles. The smallest absolute Gasteiger partial charge is 0.312 e. The lowest BCUT2D eigenvalue weighted by Gasteiger charge is -1.76. The molecule has 0 saturated heterocycles. The van der Waals surface area contributed by atoms with Gasteiger partial charge >= 0.3 is 15.2 Å².